The number of aliphatic hydroxyl groups is 1. The molecule has 0 bridgehead atoms. The van der Waals surface area contributed by atoms with Gasteiger partial charge in [-0.05, 0) is 91.5 Å². The summed E-state index contributed by atoms with van der Waals surface area (Å²) in [5.41, 5.74) is 3.58. The van der Waals surface area contributed by atoms with E-state index in [1.54, 1.807) is 19.2 Å². The Balaban J connectivity index is 1.57. The van der Waals surface area contributed by atoms with Crippen LogP contribution < -0.4 is 10.0 Å². The maximum absolute atomic E-state index is 12.7. The summed E-state index contributed by atoms with van der Waals surface area (Å²) in [4.78, 5) is 12.7. The molecule has 0 aliphatic heterocycles. The fourth-order valence-electron chi connectivity index (χ4n) is 4.15. The largest absolute Gasteiger partial charge is 0.386 e. The quantitative estimate of drug-likeness (QED) is 0.607. The van der Waals surface area contributed by atoms with E-state index >= 15 is 0 Å². The van der Waals surface area contributed by atoms with Gasteiger partial charge in [-0.3, -0.25) is 0 Å². The standard InChI is InChI=1S/C22H28N2O4S2/c1-13(14-7-8-14)17-10-9-15-5-4-6-18(15)20(17)23-21(25)24-30(27,28)19-11-16(12-29-19)22(2,3)26/h9-14,26H,4-8H2,1-3H3,(H2,23,24,25). The number of nitrogens with one attached hydrogen (secondary N) is 2. The Kier molecular flexibility index (Phi) is 5.45. The first kappa shape index (κ1) is 21.3. The Morgan fingerprint density at radius 1 is 1.27 bits per heavy atom. The molecule has 2 aliphatic rings. The molecule has 0 spiro atoms. The molecule has 2 aromatic rings. The first-order chi connectivity index (χ1) is 14.1. The minimum absolute atomic E-state index is 0.000336. The minimum Gasteiger partial charge on any atom is -0.386 e. The van der Waals surface area contributed by atoms with Gasteiger partial charge in [0, 0.05) is 5.69 Å². The number of urea groups is 1. The van der Waals surface area contributed by atoms with Gasteiger partial charge in [-0.1, -0.05) is 19.1 Å². The summed E-state index contributed by atoms with van der Waals surface area (Å²) in [6.07, 6.45) is 5.31. The number of amides is 2. The number of hydrogen-bond donors (Lipinski definition) is 3. The number of carbonyl (C=O) groups is 1. The van der Waals surface area contributed by atoms with E-state index in [2.05, 4.69) is 29.1 Å². The van der Waals surface area contributed by atoms with Crippen LogP contribution in [-0.4, -0.2) is 19.6 Å². The van der Waals surface area contributed by atoms with Crippen LogP contribution in [0.1, 0.15) is 68.2 Å². The van der Waals surface area contributed by atoms with Crippen molar-refractivity contribution in [3.8, 4) is 0 Å². The summed E-state index contributed by atoms with van der Waals surface area (Å²) in [6, 6.07) is 4.89. The highest BCUT2D eigenvalue weighted by Crippen LogP contribution is 2.46. The fourth-order valence-corrected chi connectivity index (χ4v) is 6.40. The van der Waals surface area contributed by atoms with Gasteiger partial charge >= 0.3 is 6.03 Å². The van der Waals surface area contributed by atoms with Crippen LogP contribution in [0, 0.1) is 5.92 Å². The third kappa shape index (κ3) is 4.26. The molecule has 4 rings (SSSR count). The molecule has 1 unspecified atom stereocenters. The van der Waals surface area contributed by atoms with Crippen LogP contribution in [0.25, 0.3) is 0 Å². The minimum atomic E-state index is -4.02. The number of benzene rings is 1. The molecule has 6 nitrogen and oxygen atoms in total. The van der Waals surface area contributed by atoms with Crippen molar-refractivity contribution in [3.05, 3.63) is 45.8 Å². The van der Waals surface area contributed by atoms with Crippen molar-refractivity contribution in [2.24, 2.45) is 5.92 Å². The number of fused-ring (bicyclic) bond motifs is 1. The molecule has 1 heterocycles. The second-order valence-corrected chi connectivity index (χ2v) is 11.7. The number of hydrogen-bond acceptors (Lipinski definition) is 5. The van der Waals surface area contributed by atoms with E-state index in [1.165, 1.54) is 24.5 Å². The lowest BCUT2D eigenvalue weighted by atomic mass is 9.91. The summed E-state index contributed by atoms with van der Waals surface area (Å²) in [7, 11) is -4.02. The molecule has 30 heavy (non-hydrogen) atoms. The molecule has 1 atom stereocenters. The number of carbonyl (C=O) groups excluding carboxylic acids is 1. The Labute approximate surface area is 181 Å². The summed E-state index contributed by atoms with van der Waals surface area (Å²) in [5, 5.41) is 14.5. The Morgan fingerprint density at radius 3 is 2.63 bits per heavy atom. The molecule has 0 saturated heterocycles. The van der Waals surface area contributed by atoms with Gasteiger partial charge in [0.1, 0.15) is 4.21 Å². The summed E-state index contributed by atoms with van der Waals surface area (Å²) >= 11 is 0.982. The molecule has 0 radical (unpaired) electrons. The molecule has 1 fully saturated rings. The Morgan fingerprint density at radius 2 is 2.00 bits per heavy atom. The zero-order valence-electron chi connectivity index (χ0n) is 17.5. The maximum atomic E-state index is 12.7. The van der Waals surface area contributed by atoms with Gasteiger partial charge in [-0.25, -0.2) is 17.9 Å². The van der Waals surface area contributed by atoms with Gasteiger partial charge in [0.25, 0.3) is 10.0 Å². The molecule has 1 aromatic heterocycles. The SMILES string of the molecule is CC(c1ccc2c(c1NC(=O)NS(=O)(=O)c1cc(C(C)(C)O)cs1)CCC2)C1CC1. The fraction of sp³-hybridized carbons (Fsp3) is 0.500. The maximum Gasteiger partial charge on any atom is 0.333 e. The van der Waals surface area contributed by atoms with Gasteiger partial charge in [0.05, 0.1) is 5.60 Å². The number of rotatable bonds is 6. The zero-order chi connectivity index (χ0) is 21.7. The Hall–Kier alpha value is -1.90. The molecule has 1 saturated carbocycles. The highest BCUT2D eigenvalue weighted by molar-refractivity contribution is 7.92. The molecular weight excluding hydrogens is 420 g/mol. The Bertz CT molecular complexity index is 1080. The second-order valence-electron chi connectivity index (χ2n) is 8.92. The van der Waals surface area contributed by atoms with E-state index in [4.69, 9.17) is 0 Å². The lowest BCUT2D eigenvalue weighted by molar-refractivity contribution is 0.0789. The number of thiophene rings is 1. The van der Waals surface area contributed by atoms with Gasteiger partial charge in [0.15, 0.2) is 0 Å². The van der Waals surface area contributed by atoms with Crippen LogP contribution in [0.4, 0.5) is 10.5 Å². The molecule has 8 heteroatoms. The van der Waals surface area contributed by atoms with Crippen LogP contribution >= 0.6 is 11.3 Å². The highest BCUT2D eigenvalue weighted by Gasteiger charge is 2.32. The smallest absolute Gasteiger partial charge is 0.333 e. The van der Waals surface area contributed by atoms with Gasteiger partial charge in [-0.15, -0.1) is 11.3 Å². The summed E-state index contributed by atoms with van der Waals surface area (Å²) < 4.78 is 27.5. The van der Waals surface area contributed by atoms with Crippen molar-refractivity contribution in [2.45, 2.75) is 68.6 Å². The number of sulfonamides is 1. The summed E-state index contributed by atoms with van der Waals surface area (Å²) in [6.45, 7) is 5.35. The van der Waals surface area contributed by atoms with Crippen molar-refractivity contribution in [1.29, 1.82) is 0 Å². The molecule has 162 valence electrons. The number of anilines is 1. The predicted octanol–water partition coefficient (Wildman–Crippen LogP) is 4.49. The van der Waals surface area contributed by atoms with Gasteiger partial charge in [-0.2, -0.15) is 0 Å². The average molecular weight is 449 g/mol. The van der Waals surface area contributed by atoms with Crippen LogP contribution in [0.2, 0.25) is 0 Å². The number of aryl methyl sites for hydroxylation is 1. The molecule has 1 aromatic carbocycles. The third-order valence-electron chi connectivity index (χ3n) is 6.15. The van der Waals surface area contributed by atoms with Crippen LogP contribution in [0.5, 0.6) is 0 Å². The first-order valence-electron chi connectivity index (χ1n) is 10.4. The van der Waals surface area contributed by atoms with E-state index < -0.39 is 21.7 Å². The monoisotopic (exact) mass is 448 g/mol. The van der Waals surface area contributed by atoms with E-state index in [1.807, 2.05) is 0 Å². The van der Waals surface area contributed by atoms with E-state index in [9.17, 15) is 18.3 Å². The lowest BCUT2D eigenvalue weighted by Gasteiger charge is -2.20. The van der Waals surface area contributed by atoms with Gasteiger partial charge < -0.3 is 10.4 Å². The van der Waals surface area contributed by atoms with Crippen LogP contribution in [0.3, 0.4) is 0 Å². The lowest BCUT2D eigenvalue weighted by Crippen LogP contribution is -2.34. The van der Waals surface area contributed by atoms with Gasteiger partial charge in [0.2, 0.25) is 0 Å². The van der Waals surface area contributed by atoms with E-state index in [0.717, 1.165) is 47.4 Å². The predicted molar refractivity (Wildman–Crippen MR) is 119 cm³/mol. The van der Waals surface area contributed by atoms with Crippen molar-refractivity contribution in [2.75, 3.05) is 5.32 Å². The van der Waals surface area contributed by atoms with Crippen molar-refractivity contribution >= 4 is 33.1 Å². The first-order valence-corrected chi connectivity index (χ1v) is 12.7. The van der Waals surface area contributed by atoms with Crippen molar-refractivity contribution in [3.63, 3.8) is 0 Å². The molecule has 2 aliphatic carbocycles. The van der Waals surface area contributed by atoms with E-state index in [-0.39, 0.29) is 4.21 Å². The van der Waals surface area contributed by atoms with E-state index in [0.29, 0.717) is 17.4 Å². The summed E-state index contributed by atoms with van der Waals surface area (Å²) in [5.74, 6) is 0.956. The van der Waals surface area contributed by atoms with Crippen LogP contribution in [0.15, 0.2) is 27.8 Å². The van der Waals surface area contributed by atoms with Crippen LogP contribution in [-0.2, 0) is 28.5 Å². The average Bonchev–Trinajstić information content (AvgIpc) is 3.16. The molecular formula is C22H28N2O4S2. The zero-order valence-corrected chi connectivity index (χ0v) is 19.1. The van der Waals surface area contributed by atoms with Crippen molar-refractivity contribution in [1.82, 2.24) is 4.72 Å². The topological polar surface area (TPSA) is 95.5 Å². The second kappa shape index (κ2) is 7.66. The van der Waals surface area contributed by atoms with Crippen molar-refractivity contribution < 1.29 is 18.3 Å². The molecule has 3 N–H and O–H groups in total. The third-order valence-corrected chi connectivity index (χ3v) is 8.92. The highest BCUT2D eigenvalue weighted by atomic mass is 32.2. The molecule has 2 amide bonds. The normalized spacial score (nSPS) is 17.5.